The molecule has 0 radical (unpaired) electrons. The number of rotatable bonds is 7. The van der Waals surface area contributed by atoms with E-state index < -0.39 is 21.0 Å². The minimum atomic E-state index is -3.63. The van der Waals surface area contributed by atoms with Crippen molar-refractivity contribution in [1.29, 1.82) is 0 Å². The molecule has 0 saturated heterocycles. The van der Waals surface area contributed by atoms with Gasteiger partial charge in [-0.05, 0) is 83.6 Å². The number of hydrogen-bond donors (Lipinski definition) is 4. The van der Waals surface area contributed by atoms with Gasteiger partial charge in [-0.1, -0.05) is 37.5 Å². The highest BCUT2D eigenvalue weighted by atomic mass is 32.2. The van der Waals surface area contributed by atoms with Crippen molar-refractivity contribution >= 4 is 43.2 Å². The van der Waals surface area contributed by atoms with Crippen LogP contribution in [0.4, 0.5) is 10.1 Å². The summed E-state index contributed by atoms with van der Waals surface area (Å²) in [4.78, 5) is 20.7. The molecule has 3 aromatic carbocycles. The number of nitrogens with one attached hydrogen (secondary N) is 3. The molecule has 11 heteroatoms. The highest BCUT2D eigenvalue weighted by molar-refractivity contribution is 7.90. The van der Waals surface area contributed by atoms with Gasteiger partial charge in [-0.15, -0.1) is 0 Å². The molecule has 234 valence electrons. The van der Waals surface area contributed by atoms with Crippen LogP contribution in [0, 0.1) is 11.7 Å². The fourth-order valence-corrected chi connectivity index (χ4v) is 7.02. The van der Waals surface area contributed by atoms with E-state index in [0.29, 0.717) is 16.9 Å². The van der Waals surface area contributed by atoms with Gasteiger partial charge in [0.2, 0.25) is 5.91 Å². The molecule has 1 saturated carbocycles. The number of fused-ring (bicyclic) bond motifs is 2. The Morgan fingerprint density at radius 1 is 0.935 bits per heavy atom. The van der Waals surface area contributed by atoms with Crippen molar-refractivity contribution < 1.29 is 17.6 Å². The Hall–Kier alpha value is -4.87. The lowest BCUT2D eigenvalue weighted by molar-refractivity contribution is -0.120. The van der Waals surface area contributed by atoms with E-state index in [9.17, 15) is 17.6 Å². The summed E-state index contributed by atoms with van der Waals surface area (Å²) in [5.41, 5.74) is 12.9. The molecule has 1 fully saturated rings. The lowest BCUT2D eigenvalue weighted by Crippen LogP contribution is -2.24. The quantitative estimate of drug-likeness (QED) is 0.147. The molecule has 9 nitrogen and oxygen atoms in total. The van der Waals surface area contributed by atoms with Gasteiger partial charge in [0.15, 0.2) is 9.84 Å². The first-order valence-electron chi connectivity index (χ1n) is 15.3. The van der Waals surface area contributed by atoms with E-state index in [4.69, 9.17) is 5.73 Å². The average molecular weight is 637 g/mol. The van der Waals surface area contributed by atoms with E-state index in [1.807, 2.05) is 48.5 Å². The first-order valence-corrected chi connectivity index (χ1v) is 17.2. The van der Waals surface area contributed by atoms with Crippen molar-refractivity contribution in [2.45, 2.75) is 37.5 Å². The number of halogens is 1. The van der Waals surface area contributed by atoms with Gasteiger partial charge < -0.3 is 16.0 Å². The highest BCUT2D eigenvalue weighted by Crippen LogP contribution is 2.37. The maximum atomic E-state index is 14.7. The van der Waals surface area contributed by atoms with Gasteiger partial charge in [0.1, 0.15) is 16.9 Å². The molecule has 3 heterocycles. The smallest absolute Gasteiger partial charge is 0.227 e. The number of sulfone groups is 1. The fourth-order valence-electron chi connectivity index (χ4n) is 6.39. The van der Waals surface area contributed by atoms with Crippen LogP contribution in [0.3, 0.4) is 0 Å². The number of pyridine rings is 1. The van der Waals surface area contributed by atoms with Crippen molar-refractivity contribution in [1.82, 2.24) is 20.2 Å². The lowest BCUT2D eigenvalue weighted by Gasteiger charge is -2.20. The Kier molecular flexibility index (Phi) is 7.66. The maximum absolute atomic E-state index is 14.7. The number of hydrogen-bond acceptors (Lipinski definition) is 6. The molecule has 1 aliphatic rings. The number of anilines is 1. The summed E-state index contributed by atoms with van der Waals surface area (Å²) >= 11 is 0. The predicted octanol–water partition coefficient (Wildman–Crippen LogP) is 7.10. The predicted molar refractivity (Wildman–Crippen MR) is 179 cm³/mol. The van der Waals surface area contributed by atoms with E-state index in [1.165, 1.54) is 12.5 Å². The van der Waals surface area contributed by atoms with E-state index in [0.717, 1.165) is 82.2 Å². The number of benzene rings is 3. The maximum Gasteiger partial charge on any atom is 0.227 e. The minimum Gasteiger partial charge on any atom is -0.353 e. The molecule has 3 aromatic heterocycles. The van der Waals surface area contributed by atoms with Gasteiger partial charge in [0, 0.05) is 40.2 Å². The van der Waals surface area contributed by atoms with Crippen LogP contribution in [-0.4, -0.2) is 40.7 Å². The van der Waals surface area contributed by atoms with Gasteiger partial charge in [-0.25, -0.2) is 12.8 Å². The van der Waals surface area contributed by atoms with Crippen molar-refractivity contribution in [3.8, 4) is 33.6 Å². The van der Waals surface area contributed by atoms with Crippen molar-refractivity contribution in [2.75, 3.05) is 11.6 Å². The number of amides is 1. The van der Waals surface area contributed by atoms with Crippen LogP contribution in [0.15, 0.2) is 79.1 Å². The largest absolute Gasteiger partial charge is 0.353 e. The van der Waals surface area contributed by atoms with Crippen LogP contribution >= 0.6 is 0 Å². The Labute approximate surface area is 265 Å². The molecule has 6 aromatic rings. The fraction of sp³-hybridized carbons (Fsp3) is 0.229. The molecule has 1 unspecified atom stereocenters. The average Bonchev–Trinajstić information content (AvgIpc) is 3.68. The van der Waals surface area contributed by atoms with Crippen LogP contribution in [0.2, 0.25) is 0 Å². The molecule has 0 spiro atoms. The van der Waals surface area contributed by atoms with Gasteiger partial charge in [0.25, 0.3) is 0 Å². The zero-order valence-corrected chi connectivity index (χ0v) is 26.0. The molecule has 1 amide bonds. The van der Waals surface area contributed by atoms with E-state index >= 15 is 0 Å². The van der Waals surface area contributed by atoms with Gasteiger partial charge in [-0.2, -0.15) is 5.10 Å². The molecule has 46 heavy (non-hydrogen) atoms. The third kappa shape index (κ3) is 5.79. The SMILES string of the molecule is CS(=O)(=O)C(N)c1cc(F)cc(-c2cccc3[nH]c(-c4n[nH]c5ccc(-c6cncc(NC(=O)C7CCCCC7)c6)cc45)cc23)c1. The topological polar surface area (TPSA) is 147 Å². The molecule has 0 aliphatic heterocycles. The molecule has 5 N–H and O–H groups in total. The summed E-state index contributed by atoms with van der Waals surface area (Å²) in [5.74, 6) is -0.471. The van der Waals surface area contributed by atoms with E-state index in [2.05, 4.69) is 25.5 Å². The van der Waals surface area contributed by atoms with Crippen LogP contribution in [0.25, 0.3) is 55.4 Å². The summed E-state index contributed by atoms with van der Waals surface area (Å²) < 4.78 is 38.9. The molecule has 0 bridgehead atoms. The number of aromatic amines is 2. The van der Waals surface area contributed by atoms with Gasteiger partial charge in [0.05, 0.1) is 23.1 Å². The number of nitrogens with two attached hydrogens (primary N) is 1. The second kappa shape index (κ2) is 11.8. The second-order valence-corrected chi connectivity index (χ2v) is 14.3. The summed E-state index contributed by atoms with van der Waals surface area (Å²) in [7, 11) is -3.63. The Morgan fingerprint density at radius 2 is 1.76 bits per heavy atom. The zero-order chi connectivity index (χ0) is 32.0. The summed E-state index contributed by atoms with van der Waals surface area (Å²) in [6, 6.07) is 19.7. The summed E-state index contributed by atoms with van der Waals surface area (Å²) in [6.45, 7) is 0. The number of nitrogens with zero attached hydrogens (tertiary/aromatic N) is 2. The van der Waals surface area contributed by atoms with E-state index in [-0.39, 0.29) is 17.4 Å². The number of H-pyrrole nitrogens is 2. The lowest BCUT2D eigenvalue weighted by atomic mass is 9.88. The first kappa shape index (κ1) is 29.8. The van der Waals surface area contributed by atoms with Crippen molar-refractivity contribution in [2.24, 2.45) is 11.7 Å². The molecular weight excluding hydrogens is 603 g/mol. The zero-order valence-electron chi connectivity index (χ0n) is 25.2. The minimum absolute atomic E-state index is 0.0482. The third-order valence-corrected chi connectivity index (χ3v) is 10.0. The summed E-state index contributed by atoms with van der Waals surface area (Å²) in [5, 5.41) is 11.1. The van der Waals surface area contributed by atoms with E-state index in [1.54, 1.807) is 18.5 Å². The summed E-state index contributed by atoms with van der Waals surface area (Å²) in [6.07, 6.45) is 9.70. The van der Waals surface area contributed by atoms with Crippen LogP contribution in [0.5, 0.6) is 0 Å². The number of carbonyl (C=O) groups is 1. The first-order chi connectivity index (χ1) is 22.1. The van der Waals surface area contributed by atoms with Crippen LogP contribution in [-0.2, 0) is 14.6 Å². The normalized spacial score (nSPS) is 14.9. The van der Waals surface area contributed by atoms with Crippen LogP contribution in [0.1, 0.15) is 43.0 Å². The number of carbonyl (C=O) groups excluding carboxylic acids is 1. The Balaban J connectivity index is 1.23. The number of aromatic nitrogens is 4. The second-order valence-electron chi connectivity index (χ2n) is 12.1. The Bertz CT molecular complexity index is 2220. The van der Waals surface area contributed by atoms with Gasteiger partial charge >= 0.3 is 0 Å². The molecule has 7 rings (SSSR count). The third-order valence-electron chi connectivity index (χ3n) is 8.82. The molecule has 1 atom stereocenters. The Morgan fingerprint density at radius 3 is 2.57 bits per heavy atom. The standard InChI is InChI=1S/C35H33FN6O3S/c1-46(44,45)34(37)23-12-22(13-25(36)14-23)27-8-5-9-30-28(27)17-32(40-30)33-29-16-21(10-11-31(29)41-42-33)24-15-26(19-38-18-24)39-35(43)20-6-3-2-4-7-20/h5,8-20,34,40H,2-4,6-7,37H2,1H3,(H,39,43)(H,41,42). The molecular formula is C35H33FN6O3S. The highest BCUT2D eigenvalue weighted by Gasteiger charge is 2.22. The van der Waals surface area contributed by atoms with Crippen LogP contribution < -0.4 is 11.1 Å². The monoisotopic (exact) mass is 636 g/mol. The molecule has 1 aliphatic carbocycles. The van der Waals surface area contributed by atoms with Crippen molar-refractivity contribution in [3.63, 3.8) is 0 Å². The van der Waals surface area contributed by atoms with Crippen molar-refractivity contribution in [3.05, 3.63) is 90.5 Å². The van der Waals surface area contributed by atoms with Gasteiger partial charge in [-0.3, -0.25) is 14.9 Å².